The zero-order chi connectivity index (χ0) is 13.7. The third kappa shape index (κ3) is 2.12. The van der Waals surface area contributed by atoms with Crippen LogP contribution in [0.5, 0.6) is 0 Å². The number of aliphatic hydroxyl groups excluding tert-OH is 1. The Morgan fingerprint density at radius 1 is 1.28 bits per heavy atom. The minimum Gasteiger partial charge on any atom is -0.427 e. The highest BCUT2D eigenvalue weighted by atomic mass is 16.5. The predicted molar refractivity (Wildman–Crippen MR) is 73.1 cm³/mol. The number of hydrogen-bond donors (Lipinski definition) is 2. The van der Waals surface area contributed by atoms with Gasteiger partial charge in [0.25, 0.3) is 0 Å². The standard InChI is InChI=1S/C14H27BO3/c1-9(2)8-15(17)18-14(5)11-6-10(7-12(14)16)13(11,3)4/h9-12,16-17H,6-8H2,1-5H3/t10-,11-,12+,14-/m0/s1. The second kappa shape index (κ2) is 4.50. The SMILES string of the molecule is CC(C)CB(O)O[C@]1(C)[C@H](O)C[C@@H]2C[C@H]1C2(C)C. The first-order chi connectivity index (χ1) is 8.18. The van der Waals surface area contributed by atoms with E-state index in [1.54, 1.807) is 0 Å². The molecule has 3 fully saturated rings. The molecule has 0 radical (unpaired) electrons. The average molecular weight is 254 g/mol. The zero-order valence-corrected chi connectivity index (χ0v) is 12.3. The summed E-state index contributed by atoms with van der Waals surface area (Å²) in [6, 6.07) is 0. The van der Waals surface area contributed by atoms with E-state index in [4.69, 9.17) is 4.65 Å². The molecule has 2 bridgehead atoms. The Balaban J connectivity index is 2.08. The van der Waals surface area contributed by atoms with Crippen molar-refractivity contribution in [3.05, 3.63) is 0 Å². The van der Waals surface area contributed by atoms with E-state index in [0.29, 0.717) is 24.1 Å². The van der Waals surface area contributed by atoms with Crippen molar-refractivity contribution in [1.82, 2.24) is 0 Å². The lowest BCUT2D eigenvalue weighted by atomic mass is 9.43. The molecular weight excluding hydrogens is 227 g/mol. The van der Waals surface area contributed by atoms with Crippen LogP contribution in [0.1, 0.15) is 47.5 Å². The first kappa shape index (κ1) is 14.4. The van der Waals surface area contributed by atoms with Gasteiger partial charge in [-0.25, -0.2) is 0 Å². The van der Waals surface area contributed by atoms with Gasteiger partial charge in [-0.15, -0.1) is 0 Å². The summed E-state index contributed by atoms with van der Waals surface area (Å²) in [6.07, 6.45) is 2.10. The van der Waals surface area contributed by atoms with Crippen molar-refractivity contribution < 1.29 is 14.8 Å². The minimum atomic E-state index is -0.766. The first-order valence-corrected chi connectivity index (χ1v) is 7.22. The van der Waals surface area contributed by atoms with Gasteiger partial charge in [-0.2, -0.15) is 0 Å². The number of rotatable bonds is 4. The third-order valence-corrected chi connectivity index (χ3v) is 5.39. The zero-order valence-electron chi connectivity index (χ0n) is 12.3. The second-order valence-electron chi connectivity index (χ2n) is 7.44. The van der Waals surface area contributed by atoms with E-state index in [-0.39, 0.29) is 5.41 Å². The van der Waals surface area contributed by atoms with E-state index in [9.17, 15) is 10.1 Å². The van der Waals surface area contributed by atoms with Gasteiger partial charge in [0.2, 0.25) is 0 Å². The maximum absolute atomic E-state index is 10.3. The third-order valence-electron chi connectivity index (χ3n) is 5.39. The monoisotopic (exact) mass is 254 g/mol. The van der Waals surface area contributed by atoms with Crippen LogP contribution in [0.4, 0.5) is 0 Å². The highest BCUT2D eigenvalue weighted by Crippen LogP contribution is 2.63. The molecule has 104 valence electrons. The second-order valence-corrected chi connectivity index (χ2v) is 7.44. The Labute approximate surface area is 111 Å². The summed E-state index contributed by atoms with van der Waals surface area (Å²) in [4.78, 5) is 0. The fourth-order valence-electron chi connectivity index (χ4n) is 4.03. The van der Waals surface area contributed by atoms with Gasteiger partial charge in [0, 0.05) is 0 Å². The highest BCUT2D eigenvalue weighted by Gasteiger charge is 2.64. The quantitative estimate of drug-likeness (QED) is 0.757. The molecule has 4 atom stereocenters. The van der Waals surface area contributed by atoms with Gasteiger partial charge in [-0.3, -0.25) is 0 Å². The summed E-state index contributed by atoms with van der Waals surface area (Å²) in [5, 5.41) is 20.3. The molecule has 2 N–H and O–H groups in total. The number of fused-ring (bicyclic) bond motifs is 2. The van der Waals surface area contributed by atoms with Crippen LogP contribution in [0.2, 0.25) is 6.32 Å². The van der Waals surface area contributed by atoms with E-state index < -0.39 is 18.8 Å². The molecule has 3 saturated carbocycles. The van der Waals surface area contributed by atoms with Crippen molar-refractivity contribution in [3.63, 3.8) is 0 Å². The molecule has 3 nitrogen and oxygen atoms in total. The fraction of sp³-hybridized carbons (Fsp3) is 1.00. The van der Waals surface area contributed by atoms with E-state index in [1.165, 1.54) is 0 Å². The van der Waals surface area contributed by atoms with Crippen LogP contribution in [0.25, 0.3) is 0 Å². The molecule has 0 aromatic heterocycles. The first-order valence-electron chi connectivity index (χ1n) is 7.22. The molecular formula is C14H27BO3. The highest BCUT2D eigenvalue weighted by molar-refractivity contribution is 6.42. The summed E-state index contributed by atoms with van der Waals surface area (Å²) >= 11 is 0. The van der Waals surface area contributed by atoms with Crippen LogP contribution in [0.15, 0.2) is 0 Å². The molecule has 3 aliphatic carbocycles. The topological polar surface area (TPSA) is 49.7 Å². The molecule has 3 aliphatic rings. The fourth-order valence-corrected chi connectivity index (χ4v) is 4.03. The maximum atomic E-state index is 10.3. The van der Waals surface area contributed by atoms with Gasteiger partial charge in [0.15, 0.2) is 0 Å². The molecule has 0 aromatic rings. The molecule has 18 heavy (non-hydrogen) atoms. The van der Waals surface area contributed by atoms with Crippen LogP contribution in [0.3, 0.4) is 0 Å². The summed E-state index contributed by atoms with van der Waals surface area (Å²) in [7, 11) is -0.766. The molecule has 0 aromatic carbocycles. The van der Waals surface area contributed by atoms with Crippen molar-refractivity contribution >= 4 is 7.12 Å². The maximum Gasteiger partial charge on any atom is 0.454 e. The van der Waals surface area contributed by atoms with Gasteiger partial charge in [-0.1, -0.05) is 27.7 Å². The number of hydrogen-bond acceptors (Lipinski definition) is 3. The van der Waals surface area contributed by atoms with Crippen molar-refractivity contribution in [3.8, 4) is 0 Å². The largest absolute Gasteiger partial charge is 0.454 e. The smallest absolute Gasteiger partial charge is 0.427 e. The summed E-state index contributed by atoms with van der Waals surface area (Å²) < 4.78 is 5.89. The number of aliphatic hydroxyl groups is 1. The summed E-state index contributed by atoms with van der Waals surface area (Å²) in [5.74, 6) is 1.35. The van der Waals surface area contributed by atoms with Crippen LogP contribution in [0, 0.1) is 23.2 Å². The lowest BCUT2D eigenvalue weighted by molar-refractivity contribution is -0.238. The Hall–Kier alpha value is -0.0551. The Kier molecular flexibility index (Phi) is 3.59. The van der Waals surface area contributed by atoms with Crippen molar-refractivity contribution in [2.75, 3.05) is 0 Å². The molecule has 4 heteroatoms. The van der Waals surface area contributed by atoms with E-state index >= 15 is 0 Å². The van der Waals surface area contributed by atoms with Gasteiger partial charge in [0.1, 0.15) is 0 Å². The van der Waals surface area contributed by atoms with Crippen LogP contribution in [-0.2, 0) is 4.65 Å². The van der Waals surface area contributed by atoms with Gasteiger partial charge >= 0.3 is 7.12 Å². The molecule has 0 heterocycles. The predicted octanol–water partition coefficient (Wildman–Crippen LogP) is 2.33. The van der Waals surface area contributed by atoms with Crippen LogP contribution >= 0.6 is 0 Å². The van der Waals surface area contributed by atoms with Crippen LogP contribution < -0.4 is 0 Å². The Bertz CT molecular complexity index is 318. The lowest BCUT2D eigenvalue weighted by Gasteiger charge is -2.66. The molecule has 0 spiro atoms. The van der Waals surface area contributed by atoms with Gasteiger partial charge in [0.05, 0.1) is 11.7 Å². The Morgan fingerprint density at radius 2 is 1.89 bits per heavy atom. The summed E-state index contributed by atoms with van der Waals surface area (Å²) in [5.41, 5.74) is -0.363. The molecule has 0 amide bonds. The van der Waals surface area contributed by atoms with Crippen molar-refractivity contribution in [2.45, 2.75) is 65.5 Å². The normalized spacial score (nSPS) is 41.7. The van der Waals surface area contributed by atoms with E-state index in [0.717, 1.165) is 12.8 Å². The molecule has 0 aliphatic heterocycles. The van der Waals surface area contributed by atoms with Gasteiger partial charge in [-0.05, 0) is 49.3 Å². The molecule has 0 unspecified atom stereocenters. The lowest BCUT2D eigenvalue weighted by Crippen LogP contribution is -2.68. The molecule has 0 saturated heterocycles. The molecule has 3 rings (SSSR count). The van der Waals surface area contributed by atoms with Crippen LogP contribution in [-0.4, -0.2) is 29.0 Å². The van der Waals surface area contributed by atoms with E-state index in [2.05, 4.69) is 27.7 Å². The Morgan fingerprint density at radius 3 is 2.39 bits per heavy atom. The average Bonchev–Trinajstić information content (AvgIpc) is 2.19. The summed E-state index contributed by atoms with van der Waals surface area (Å²) in [6.45, 7) is 10.6. The van der Waals surface area contributed by atoms with E-state index in [1.807, 2.05) is 6.92 Å². The van der Waals surface area contributed by atoms with Gasteiger partial charge < -0.3 is 14.8 Å². The minimum absolute atomic E-state index is 0.228. The van der Waals surface area contributed by atoms with Crippen molar-refractivity contribution in [1.29, 1.82) is 0 Å². The van der Waals surface area contributed by atoms with Crippen molar-refractivity contribution in [2.24, 2.45) is 23.2 Å².